The van der Waals surface area contributed by atoms with E-state index in [1.54, 1.807) is 6.08 Å². The first-order valence-electron chi connectivity index (χ1n) is 33.7. The Morgan fingerprint density at radius 2 is 0.815 bits per heavy atom. The standard InChI is InChI=1S/C67H125NO13/c1-3-5-7-9-11-13-15-17-19-21-23-24-25-26-27-28-29-30-31-32-33-35-37-39-41-43-45-47-49-51-59(72)68-55(56(71)50-48-46-44-42-40-38-36-34-22-20-18-16-14-12-10-8-6-4-2)54-78-66-64(77)62(75)65(58(53-70)80-66)81-67-63(76)61(74)60(73)57(52-69)79-67/h15,17,21,23,48,50,55-58,60-67,69-71,73-77H,3-14,16,18-20,22,24-47,49,51-54H2,1-2H3,(H,68,72)/b17-15-,23-21-,50-48+. The van der Waals surface area contributed by atoms with Gasteiger partial charge in [-0.05, 0) is 51.4 Å². The maximum atomic E-state index is 13.3. The fraction of sp³-hybridized carbons (Fsp3) is 0.896. The summed E-state index contributed by atoms with van der Waals surface area (Å²) in [7, 11) is 0. The van der Waals surface area contributed by atoms with E-state index in [1.807, 2.05) is 6.08 Å². The number of hydrogen-bond donors (Lipinski definition) is 9. The van der Waals surface area contributed by atoms with Crippen LogP contribution in [-0.4, -0.2) is 140 Å². The van der Waals surface area contributed by atoms with Crippen molar-refractivity contribution in [2.45, 2.75) is 364 Å². The highest BCUT2D eigenvalue weighted by Gasteiger charge is 2.51. The average molecular weight is 1150 g/mol. The fourth-order valence-corrected chi connectivity index (χ4v) is 11.1. The largest absolute Gasteiger partial charge is 0.394 e. The van der Waals surface area contributed by atoms with Crippen molar-refractivity contribution in [2.75, 3.05) is 19.8 Å². The summed E-state index contributed by atoms with van der Waals surface area (Å²) in [6, 6.07) is -0.914. The van der Waals surface area contributed by atoms with Gasteiger partial charge in [0.15, 0.2) is 12.6 Å². The molecule has 0 aromatic heterocycles. The number of amides is 1. The Hall–Kier alpha value is -1.79. The quantitative estimate of drug-likeness (QED) is 0.0204. The van der Waals surface area contributed by atoms with E-state index in [4.69, 9.17) is 18.9 Å². The molecule has 2 aliphatic heterocycles. The molecular formula is C67H125NO13. The van der Waals surface area contributed by atoms with Gasteiger partial charge in [-0.25, -0.2) is 0 Å². The Bertz CT molecular complexity index is 1500. The minimum Gasteiger partial charge on any atom is -0.394 e. The minimum absolute atomic E-state index is 0.235. The molecule has 0 aromatic rings. The van der Waals surface area contributed by atoms with Crippen LogP contribution in [-0.2, 0) is 23.7 Å². The molecule has 476 valence electrons. The van der Waals surface area contributed by atoms with Gasteiger partial charge in [-0.3, -0.25) is 4.79 Å². The van der Waals surface area contributed by atoms with Gasteiger partial charge in [0.05, 0.1) is 32.0 Å². The molecule has 2 aliphatic rings. The van der Waals surface area contributed by atoms with Crippen molar-refractivity contribution < 1.29 is 64.6 Å². The second kappa shape index (κ2) is 52.5. The molecule has 0 spiro atoms. The maximum absolute atomic E-state index is 13.3. The third-order valence-corrected chi connectivity index (χ3v) is 16.6. The van der Waals surface area contributed by atoms with Gasteiger partial charge in [0.25, 0.3) is 0 Å². The molecule has 14 nitrogen and oxygen atoms in total. The van der Waals surface area contributed by atoms with Crippen LogP contribution in [0, 0.1) is 0 Å². The summed E-state index contributed by atoms with van der Waals surface area (Å²) < 4.78 is 22.8. The monoisotopic (exact) mass is 1150 g/mol. The van der Waals surface area contributed by atoms with Crippen molar-refractivity contribution in [2.24, 2.45) is 0 Å². The molecule has 2 rings (SSSR count). The lowest BCUT2D eigenvalue weighted by molar-refractivity contribution is -0.359. The molecule has 0 radical (unpaired) electrons. The van der Waals surface area contributed by atoms with Crippen molar-refractivity contribution in [3.05, 3.63) is 36.5 Å². The normalized spacial score (nSPS) is 24.3. The van der Waals surface area contributed by atoms with Gasteiger partial charge in [-0.1, -0.05) is 269 Å². The van der Waals surface area contributed by atoms with Crippen LogP contribution in [0.15, 0.2) is 36.5 Å². The SMILES string of the molecule is CCCCCCC/C=C\C/C=C\CCCCCCCCCCCCCCCCCCCC(=O)NC(COC1OC(CO)C(OC2OC(CO)C(O)C(O)C2O)C(O)C1O)C(O)/C=C/CCCCCCCCCCCCCCCCCC. The summed E-state index contributed by atoms with van der Waals surface area (Å²) >= 11 is 0. The number of aliphatic hydroxyl groups excluding tert-OH is 8. The molecule has 0 bridgehead atoms. The number of rotatable bonds is 55. The molecule has 12 atom stereocenters. The lowest BCUT2D eigenvalue weighted by Gasteiger charge is -2.46. The van der Waals surface area contributed by atoms with Crippen molar-refractivity contribution in [1.29, 1.82) is 0 Å². The van der Waals surface area contributed by atoms with E-state index in [1.165, 1.54) is 218 Å². The van der Waals surface area contributed by atoms with Gasteiger partial charge in [0.2, 0.25) is 5.91 Å². The van der Waals surface area contributed by atoms with Crippen LogP contribution in [0.2, 0.25) is 0 Å². The van der Waals surface area contributed by atoms with Crippen LogP contribution in [0.3, 0.4) is 0 Å². The molecule has 1 amide bonds. The van der Waals surface area contributed by atoms with Crippen LogP contribution in [0.25, 0.3) is 0 Å². The average Bonchev–Trinajstić information content (AvgIpc) is 3.47. The molecule has 2 saturated heterocycles. The van der Waals surface area contributed by atoms with Gasteiger partial charge in [-0.2, -0.15) is 0 Å². The van der Waals surface area contributed by atoms with Crippen molar-refractivity contribution in [3.63, 3.8) is 0 Å². The molecule has 12 unspecified atom stereocenters. The van der Waals surface area contributed by atoms with E-state index in [9.17, 15) is 45.6 Å². The lowest BCUT2D eigenvalue weighted by atomic mass is 9.97. The summed E-state index contributed by atoms with van der Waals surface area (Å²) in [5, 5.41) is 87.3. The molecule has 0 aliphatic carbocycles. The van der Waals surface area contributed by atoms with E-state index in [-0.39, 0.29) is 18.9 Å². The van der Waals surface area contributed by atoms with E-state index in [0.29, 0.717) is 6.42 Å². The van der Waals surface area contributed by atoms with Gasteiger partial charge >= 0.3 is 0 Å². The molecule has 9 N–H and O–H groups in total. The highest BCUT2D eigenvalue weighted by Crippen LogP contribution is 2.30. The molecule has 2 fully saturated rings. The van der Waals surface area contributed by atoms with E-state index < -0.39 is 86.8 Å². The summed E-state index contributed by atoms with van der Waals surface area (Å²) in [5.74, 6) is -0.235. The van der Waals surface area contributed by atoms with Crippen molar-refractivity contribution in [3.8, 4) is 0 Å². The summed E-state index contributed by atoms with van der Waals surface area (Å²) in [6.07, 6.45) is 49.0. The third kappa shape index (κ3) is 37.4. The Labute approximate surface area is 493 Å². The molecule has 14 heteroatoms. The second-order valence-electron chi connectivity index (χ2n) is 24.0. The third-order valence-electron chi connectivity index (χ3n) is 16.6. The van der Waals surface area contributed by atoms with Crippen LogP contribution in [0.1, 0.15) is 290 Å². The number of carbonyl (C=O) groups excluding carboxylic acids is 1. The number of nitrogens with one attached hydrogen (secondary N) is 1. The van der Waals surface area contributed by atoms with Gasteiger partial charge in [-0.15, -0.1) is 0 Å². The molecular weight excluding hydrogens is 1030 g/mol. The number of allylic oxidation sites excluding steroid dienone is 5. The summed E-state index contributed by atoms with van der Waals surface area (Å²) in [6.45, 7) is 2.82. The first kappa shape index (κ1) is 75.3. The van der Waals surface area contributed by atoms with Gasteiger partial charge in [0, 0.05) is 6.42 Å². The van der Waals surface area contributed by atoms with E-state index in [0.717, 1.165) is 44.9 Å². The second-order valence-corrected chi connectivity index (χ2v) is 24.0. The molecule has 0 aromatic carbocycles. The van der Waals surface area contributed by atoms with Crippen LogP contribution in [0.4, 0.5) is 0 Å². The van der Waals surface area contributed by atoms with E-state index >= 15 is 0 Å². The summed E-state index contributed by atoms with van der Waals surface area (Å²) in [5.41, 5.74) is 0. The number of unbranched alkanes of at least 4 members (excludes halogenated alkanes) is 38. The number of hydrogen-bond acceptors (Lipinski definition) is 13. The topological polar surface area (TPSA) is 228 Å². The fourth-order valence-electron chi connectivity index (χ4n) is 11.1. The number of carbonyl (C=O) groups is 1. The highest BCUT2D eigenvalue weighted by molar-refractivity contribution is 5.76. The van der Waals surface area contributed by atoms with Crippen LogP contribution < -0.4 is 5.32 Å². The molecule has 81 heavy (non-hydrogen) atoms. The maximum Gasteiger partial charge on any atom is 0.220 e. The number of ether oxygens (including phenoxy) is 4. The zero-order valence-electron chi connectivity index (χ0n) is 51.5. The van der Waals surface area contributed by atoms with Crippen LogP contribution >= 0.6 is 0 Å². The smallest absolute Gasteiger partial charge is 0.220 e. The van der Waals surface area contributed by atoms with Crippen molar-refractivity contribution in [1.82, 2.24) is 5.32 Å². The Kier molecular flexibility index (Phi) is 48.8. The Balaban J connectivity index is 1.68. The zero-order chi connectivity index (χ0) is 58.8. The van der Waals surface area contributed by atoms with E-state index in [2.05, 4.69) is 43.5 Å². The predicted molar refractivity (Wildman–Crippen MR) is 328 cm³/mol. The lowest BCUT2D eigenvalue weighted by Crippen LogP contribution is -2.65. The molecule has 0 saturated carbocycles. The predicted octanol–water partition coefficient (Wildman–Crippen LogP) is 13.0. The van der Waals surface area contributed by atoms with Crippen LogP contribution in [0.5, 0.6) is 0 Å². The zero-order valence-corrected chi connectivity index (χ0v) is 51.5. The Morgan fingerprint density at radius 1 is 0.444 bits per heavy atom. The first-order chi connectivity index (χ1) is 39.6. The molecule has 2 heterocycles. The van der Waals surface area contributed by atoms with Gasteiger partial charge < -0.3 is 65.1 Å². The summed E-state index contributed by atoms with van der Waals surface area (Å²) in [4.78, 5) is 13.3. The Morgan fingerprint density at radius 3 is 1.23 bits per heavy atom. The number of aliphatic hydroxyl groups is 8. The first-order valence-corrected chi connectivity index (χ1v) is 33.7. The minimum atomic E-state index is -1.79. The highest BCUT2D eigenvalue weighted by atomic mass is 16.7. The van der Waals surface area contributed by atoms with Crippen molar-refractivity contribution >= 4 is 5.91 Å². The van der Waals surface area contributed by atoms with Gasteiger partial charge in [0.1, 0.15) is 48.8 Å².